The third-order valence-electron chi connectivity index (χ3n) is 3.29. The van der Waals surface area contributed by atoms with Crippen LogP contribution in [0.15, 0.2) is 65.8 Å². The predicted octanol–water partition coefficient (Wildman–Crippen LogP) is 3.75. The molecule has 0 aliphatic rings. The average Bonchev–Trinajstić information content (AvgIpc) is 2.99. The maximum atomic E-state index is 12.8. The van der Waals surface area contributed by atoms with Crippen molar-refractivity contribution in [1.82, 2.24) is 8.96 Å². The highest BCUT2D eigenvalue weighted by atomic mass is 35.5. The van der Waals surface area contributed by atoms with Gasteiger partial charge in [0, 0.05) is 23.0 Å². The summed E-state index contributed by atoms with van der Waals surface area (Å²) >= 11 is 5.87. The zero-order chi connectivity index (χ0) is 15.7. The van der Waals surface area contributed by atoms with Crippen molar-refractivity contribution >= 4 is 21.6 Å². The SMILES string of the molecule is Cc1ccc(S(=O)(=O)n2ccnc2-c2ccc(Cl)cc2)cc1. The molecule has 0 amide bonds. The highest BCUT2D eigenvalue weighted by Gasteiger charge is 2.20. The Hall–Kier alpha value is -2.11. The highest BCUT2D eigenvalue weighted by Crippen LogP contribution is 2.24. The lowest BCUT2D eigenvalue weighted by Gasteiger charge is -2.09. The summed E-state index contributed by atoms with van der Waals surface area (Å²) in [6, 6.07) is 13.6. The van der Waals surface area contributed by atoms with Crippen molar-refractivity contribution in [3.8, 4) is 11.4 Å². The van der Waals surface area contributed by atoms with Gasteiger partial charge in [0.15, 0.2) is 5.82 Å². The summed E-state index contributed by atoms with van der Waals surface area (Å²) in [5, 5.41) is 0.586. The Morgan fingerprint density at radius 3 is 2.27 bits per heavy atom. The van der Waals surface area contributed by atoms with Gasteiger partial charge in [0.25, 0.3) is 10.0 Å². The van der Waals surface area contributed by atoms with Gasteiger partial charge in [-0.1, -0.05) is 29.3 Å². The van der Waals surface area contributed by atoms with Gasteiger partial charge >= 0.3 is 0 Å². The van der Waals surface area contributed by atoms with Crippen molar-refractivity contribution in [1.29, 1.82) is 0 Å². The van der Waals surface area contributed by atoms with Crippen LogP contribution in [-0.2, 0) is 10.0 Å². The van der Waals surface area contributed by atoms with Crippen LogP contribution in [0, 0.1) is 6.92 Å². The molecule has 3 rings (SSSR count). The number of hydrogen-bond donors (Lipinski definition) is 0. The van der Waals surface area contributed by atoms with Gasteiger partial charge in [-0.15, -0.1) is 0 Å². The van der Waals surface area contributed by atoms with E-state index in [9.17, 15) is 8.42 Å². The Morgan fingerprint density at radius 1 is 1.00 bits per heavy atom. The average molecular weight is 333 g/mol. The first-order valence-electron chi connectivity index (χ1n) is 6.60. The van der Waals surface area contributed by atoms with Gasteiger partial charge in [-0.3, -0.25) is 0 Å². The van der Waals surface area contributed by atoms with Gasteiger partial charge in [-0.25, -0.2) is 17.4 Å². The highest BCUT2D eigenvalue weighted by molar-refractivity contribution is 7.90. The Morgan fingerprint density at radius 2 is 1.64 bits per heavy atom. The molecular formula is C16H13ClN2O2S. The molecule has 0 atom stereocenters. The van der Waals surface area contributed by atoms with Crippen LogP contribution in [0.1, 0.15) is 5.56 Å². The molecule has 2 aromatic carbocycles. The second-order valence-corrected chi connectivity index (χ2v) is 7.12. The molecule has 0 saturated carbocycles. The molecule has 0 radical (unpaired) electrons. The molecule has 1 heterocycles. The van der Waals surface area contributed by atoms with Gasteiger partial charge in [0.1, 0.15) is 0 Å². The number of aryl methyl sites for hydroxylation is 1. The molecule has 0 unspecified atom stereocenters. The molecule has 0 N–H and O–H groups in total. The standard InChI is InChI=1S/C16H13ClN2O2S/c1-12-2-8-15(9-3-12)22(20,21)19-11-10-18-16(19)13-4-6-14(17)7-5-13/h2-11H,1H3. The first-order valence-corrected chi connectivity index (χ1v) is 8.42. The normalized spacial score (nSPS) is 11.5. The molecule has 0 aliphatic carbocycles. The van der Waals surface area contributed by atoms with E-state index < -0.39 is 10.0 Å². The summed E-state index contributed by atoms with van der Waals surface area (Å²) in [6.45, 7) is 1.91. The van der Waals surface area contributed by atoms with Crippen LogP contribution in [0.5, 0.6) is 0 Å². The zero-order valence-corrected chi connectivity index (χ0v) is 13.3. The Balaban J connectivity index is 2.11. The van der Waals surface area contributed by atoms with Gasteiger partial charge in [0.2, 0.25) is 0 Å². The van der Waals surface area contributed by atoms with Crippen molar-refractivity contribution < 1.29 is 8.42 Å². The molecule has 0 fully saturated rings. The Bertz CT molecular complexity index is 898. The molecule has 4 nitrogen and oxygen atoms in total. The third-order valence-corrected chi connectivity index (χ3v) is 5.22. The summed E-state index contributed by atoms with van der Waals surface area (Å²) in [7, 11) is -3.68. The van der Waals surface area contributed by atoms with Gasteiger partial charge in [0.05, 0.1) is 4.90 Å². The van der Waals surface area contributed by atoms with Crippen molar-refractivity contribution in [3.05, 3.63) is 71.5 Å². The van der Waals surface area contributed by atoms with Crippen LogP contribution in [0.4, 0.5) is 0 Å². The second kappa shape index (κ2) is 5.59. The first-order chi connectivity index (χ1) is 10.5. The van der Waals surface area contributed by atoms with Crippen LogP contribution < -0.4 is 0 Å². The molecule has 0 aliphatic heterocycles. The number of aromatic nitrogens is 2. The number of halogens is 1. The molecule has 3 aromatic rings. The summed E-state index contributed by atoms with van der Waals surface area (Å²) in [6.07, 6.45) is 2.91. The van der Waals surface area contributed by atoms with Crippen LogP contribution >= 0.6 is 11.6 Å². The number of rotatable bonds is 3. The summed E-state index contributed by atoms with van der Waals surface area (Å²) < 4.78 is 26.7. The number of nitrogens with zero attached hydrogens (tertiary/aromatic N) is 2. The Labute approximate surface area is 134 Å². The number of benzene rings is 2. The molecule has 0 bridgehead atoms. The van der Waals surface area contributed by atoms with Gasteiger partial charge in [-0.2, -0.15) is 0 Å². The van der Waals surface area contributed by atoms with Crippen LogP contribution in [0.25, 0.3) is 11.4 Å². The van der Waals surface area contributed by atoms with Gasteiger partial charge in [-0.05, 0) is 43.3 Å². The molecule has 0 saturated heterocycles. The third kappa shape index (κ3) is 2.65. The lowest BCUT2D eigenvalue weighted by molar-refractivity contribution is 0.588. The van der Waals surface area contributed by atoms with E-state index in [1.165, 1.54) is 16.4 Å². The molecule has 0 spiro atoms. The fourth-order valence-electron chi connectivity index (χ4n) is 2.11. The second-order valence-electron chi connectivity index (χ2n) is 4.87. The fourth-order valence-corrected chi connectivity index (χ4v) is 3.54. The lowest BCUT2D eigenvalue weighted by atomic mass is 10.2. The minimum atomic E-state index is -3.68. The topological polar surface area (TPSA) is 52.0 Å². The van der Waals surface area contributed by atoms with E-state index in [4.69, 9.17) is 11.6 Å². The minimum Gasteiger partial charge on any atom is -0.236 e. The Kier molecular flexibility index (Phi) is 3.76. The van der Waals surface area contributed by atoms with Crippen LogP contribution in [0.2, 0.25) is 5.02 Å². The lowest BCUT2D eigenvalue weighted by Crippen LogP contribution is -2.13. The molecule has 22 heavy (non-hydrogen) atoms. The van der Waals surface area contributed by atoms with Crippen molar-refractivity contribution in [2.45, 2.75) is 11.8 Å². The number of imidazole rings is 1. The summed E-state index contributed by atoms with van der Waals surface area (Å²) in [4.78, 5) is 4.39. The molecule has 112 valence electrons. The molecule has 1 aromatic heterocycles. The smallest absolute Gasteiger partial charge is 0.236 e. The largest absolute Gasteiger partial charge is 0.269 e. The van der Waals surface area contributed by atoms with E-state index in [1.807, 2.05) is 6.92 Å². The maximum Gasteiger partial charge on any atom is 0.269 e. The monoisotopic (exact) mass is 332 g/mol. The van der Waals surface area contributed by atoms with Crippen LogP contribution in [-0.4, -0.2) is 17.4 Å². The van der Waals surface area contributed by atoms with Crippen molar-refractivity contribution in [3.63, 3.8) is 0 Å². The van der Waals surface area contributed by atoms with E-state index in [1.54, 1.807) is 48.5 Å². The van der Waals surface area contributed by atoms with Crippen molar-refractivity contribution in [2.75, 3.05) is 0 Å². The number of hydrogen-bond acceptors (Lipinski definition) is 3. The summed E-state index contributed by atoms with van der Waals surface area (Å²) in [5.74, 6) is 0.359. The summed E-state index contributed by atoms with van der Waals surface area (Å²) in [5.41, 5.74) is 1.69. The van der Waals surface area contributed by atoms with E-state index in [0.29, 0.717) is 16.4 Å². The molecular weight excluding hydrogens is 320 g/mol. The zero-order valence-electron chi connectivity index (χ0n) is 11.8. The van der Waals surface area contributed by atoms with Crippen LogP contribution in [0.3, 0.4) is 0 Å². The fraction of sp³-hybridized carbons (Fsp3) is 0.0625. The predicted molar refractivity (Wildman–Crippen MR) is 86.4 cm³/mol. The maximum absolute atomic E-state index is 12.8. The first kappa shape index (κ1) is 14.8. The van der Waals surface area contributed by atoms with Gasteiger partial charge < -0.3 is 0 Å². The van der Waals surface area contributed by atoms with Crippen molar-refractivity contribution in [2.24, 2.45) is 0 Å². The van der Waals surface area contributed by atoms with E-state index in [-0.39, 0.29) is 4.90 Å². The van der Waals surface area contributed by atoms with E-state index in [2.05, 4.69) is 4.98 Å². The van der Waals surface area contributed by atoms with E-state index in [0.717, 1.165) is 5.56 Å². The van der Waals surface area contributed by atoms with E-state index >= 15 is 0 Å². The molecule has 6 heteroatoms. The minimum absolute atomic E-state index is 0.228. The quantitative estimate of drug-likeness (QED) is 0.734.